The van der Waals surface area contributed by atoms with Gasteiger partial charge in [0.2, 0.25) is 0 Å². The molecule has 0 aliphatic rings. The molecule has 0 aliphatic heterocycles. The van der Waals surface area contributed by atoms with Gasteiger partial charge in [0.1, 0.15) is 17.1 Å². The third kappa shape index (κ3) is 6.07. The number of benzene rings is 5. The molecule has 0 saturated heterocycles. The Morgan fingerprint density at radius 3 is 2.12 bits per heavy atom. The van der Waals surface area contributed by atoms with E-state index in [9.17, 15) is 14.7 Å². The van der Waals surface area contributed by atoms with Crippen LogP contribution in [0.25, 0.3) is 10.8 Å². The number of rotatable bonds is 8. The standard InChI is InChI=1S/C33H28N4O4/c1-3-41-28-20-25(35-32(39)22-12-6-4-7-13-22)18-21(2)29(28)36-37-30-26-17-11-10-14-23(26)19-27(31(30)38)33(40)34-24-15-8-5-9-16-24/h4-20,38H,3H2,1-2H3,(H,34,40)(H,35,39). The molecule has 0 bridgehead atoms. The Balaban J connectivity index is 1.52. The highest BCUT2D eigenvalue weighted by atomic mass is 16.5. The molecule has 5 rings (SSSR count). The highest BCUT2D eigenvalue weighted by Crippen LogP contribution is 2.42. The molecule has 0 aromatic heterocycles. The van der Waals surface area contributed by atoms with Crippen molar-refractivity contribution in [3.8, 4) is 11.5 Å². The predicted octanol–water partition coefficient (Wildman–Crippen LogP) is 8.17. The van der Waals surface area contributed by atoms with Gasteiger partial charge in [-0.05, 0) is 61.2 Å². The molecule has 0 spiro atoms. The van der Waals surface area contributed by atoms with Crippen molar-refractivity contribution in [3.05, 3.63) is 120 Å². The van der Waals surface area contributed by atoms with Crippen LogP contribution in [0.3, 0.4) is 0 Å². The van der Waals surface area contributed by atoms with Crippen LogP contribution in [-0.4, -0.2) is 23.5 Å². The van der Waals surface area contributed by atoms with E-state index in [2.05, 4.69) is 20.9 Å². The van der Waals surface area contributed by atoms with E-state index in [1.165, 1.54) is 0 Å². The lowest BCUT2D eigenvalue weighted by molar-refractivity contribution is 0.101. The number of aryl methyl sites for hydroxylation is 1. The number of carbonyl (C=O) groups excluding carboxylic acids is 2. The molecule has 0 radical (unpaired) electrons. The first-order valence-electron chi connectivity index (χ1n) is 13.1. The van der Waals surface area contributed by atoms with Crippen molar-refractivity contribution in [1.29, 1.82) is 0 Å². The van der Waals surface area contributed by atoms with Crippen LogP contribution in [-0.2, 0) is 0 Å². The van der Waals surface area contributed by atoms with Gasteiger partial charge in [-0.25, -0.2) is 0 Å². The zero-order chi connectivity index (χ0) is 28.8. The van der Waals surface area contributed by atoms with E-state index in [1.54, 1.807) is 60.7 Å². The fourth-order valence-corrected chi connectivity index (χ4v) is 4.42. The molecule has 0 fully saturated rings. The number of hydrogen-bond acceptors (Lipinski definition) is 6. The zero-order valence-corrected chi connectivity index (χ0v) is 22.6. The number of phenols is 1. The molecule has 0 atom stereocenters. The lowest BCUT2D eigenvalue weighted by atomic mass is 10.0. The summed E-state index contributed by atoms with van der Waals surface area (Å²) in [6.07, 6.45) is 0. The van der Waals surface area contributed by atoms with Gasteiger partial charge in [0, 0.05) is 28.4 Å². The van der Waals surface area contributed by atoms with Gasteiger partial charge in [0.25, 0.3) is 11.8 Å². The van der Waals surface area contributed by atoms with Crippen LogP contribution in [0.5, 0.6) is 11.5 Å². The minimum Gasteiger partial charge on any atom is -0.505 e. The molecule has 5 aromatic carbocycles. The number of amides is 2. The van der Waals surface area contributed by atoms with Crippen molar-refractivity contribution < 1.29 is 19.4 Å². The molecule has 0 aliphatic carbocycles. The van der Waals surface area contributed by atoms with Gasteiger partial charge >= 0.3 is 0 Å². The average Bonchev–Trinajstić information content (AvgIpc) is 2.98. The van der Waals surface area contributed by atoms with Gasteiger partial charge in [-0.2, -0.15) is 0 Å². The summed E-state index contributed by atoms with van der Waals surface area (Å²) < 4.78 is 5.85. The maximum Gasteiger partial charge on any atom is 0.259 e. The number of fused-ring (bicyclic) bond motifs is 1. The van der Waals surface area contributed by atoms with Gasteiger partial charge in [0.15, 0.2) is 5.75 Å². The van der Waals surface area contributed by atoms with Crippen LogP contribution in [0.4, 0.5) is 22.7 Å². The maximum atomic E-state index is 13.1. The van der Waals surface area contributed by atoms with Crippen molar-refractivity contribution in [2.75, 3.05) is 17.2 Å². The summed E-state index contributed by atoms with van der Waals surface area (Å²) in [5.74, 6) is -0.589. The van der Waals surface area contributed by atoms with Gasteiger partial charge in [-0.15, -0.1) is 10.2 Å². The average molecular weight is 545 g/mol. The van der Waals surface area contributed by atoms with Crippen molar-refractivity contribution in [1.82, 2.24) is 0 Å². The maximum absolute atomic E-state index is 13.1. The normalized spacial score (nSPS) is 11.0. The third-order valence-corrected chi connectivity index (χ3v) is 6.38. The minimum absolute atomic E-state index is 0.0715. The quantitative estimate of drug-likeness (QED) is 0.171. The van der Waals surface area contributed by atoms with E-state index in [0.717, 1.165) is 5.39 Å². The summed E-state index contributed by atoms with van der Waals surface area (Å²) in [4.78, 5) is 25.8. The lowest BCUT2D eigenvalue weighted by Crippen LogP contribution is -2.12. The SMILES string of the molecule is CCOc1cc(NC(=O)c2ccccc2)cc(C)c1N=Nc1c(O)c(C(=O)Nc2ccccc2)cc2ccccc12. The largest absolute Gasteiger partial charge is 0.505 e. The summed E-state index contributed by atoms with van der Waals surface area (Å²) in [7, 11) is 0. The summed E-state index contributed by atoms with van der Waals surface area (Å²) >= 11 is 0. The number of anilines is 2. The second-order valence-electron chi connectivity index (χ2n) is 9.26. The van der Waals surface area contributed by atoms with Crippen molar-refractivity contribution in [2.45, 2.75) is 13.8 Å². The second-order valence-corrected chi connectivity index (χ2v) is 9.26. The summed E-state index contributed by atoms with van der Waals surface area (Å²) in [5, 5.41) is 27.2. The van der Waals surface area contributed by atoms with E-state index in [1.807, 2.05) is 56.3 Å². The molecule has 2 amide bonds. The van der Waals surface area contributed by atoms with Crippen molar-refractivity contribution in [3.63, 3.8) is 0 Å². The smallest absolute Gasteiger partial charge is 0.259 e. The van der Waals surface area contributed by atoms with E-state index < -0.39 is 5.91 Å². The van der Waals surface area contributed by atoms with E-state index >= 15 is 0 Å². The molecule has 3 N–H and O–H groups in total. The molecule has 0 unspecified atom stereocenters. The molecule has 5 aromatic rings. The summed E-state index contributed by atoms with van der Waals surface area (Å²) in [5.41, 5.74) is 3.05. The Labute approximate surface area is 237 Å². The molecule has 8 nitrogen and oxygen atoms in total. The van der Waals surface area contributed by atoms with Gasteiger partial charge in [0.05, 0.1) is 12.2 Å². The number of para-hydroxylation sites is 1. The van der Waals surface area contributed by atoms with Gasteiger partial charge in [-0.1, -0.05) is 60.7 Å². The fourth-order valence-electron chi connectivity index (χ4n) is 4.42. The van der Waals surface area contributed by atoms with Gasteiger partial charge in [-0.3, -0.25) is 9.59 Å². The number of aromatic hydroxyl groups is 1. The van der Waals surface area contributed by atoms with Crippen molar-refractivity contribution in [2.24, 2.45) is 10.2 Å². The Morgan fingerprint density at radius 2 is 1.39 bits per heavy atom. The first-order chi connectivity index (χ1) is 19.9. The Kier molecular flexibility index (Phi) is 8.01. The number of hydrogen-bond donors (Lipinski definition) is 3. The predicted molar refractivity (Wildman–Crippen MR) is 161 cm³/mol. The molecule has 0 saturated carbocycles. The van der Waals surface area contributed by atoms with E-state index in [-0.39, 0.29) is 22.9 Å². The van der Waals surface area contributed by atoms with E-state index in [4.69, 9.17) is 4.74 Å². The first-order valence-corrected chi connectivity index (χ1v) is 13.1. The van der Waals surface area contributed by atoms with Crippen LogP contribution in [0.15, 0.2) is 113 Å². The highest BCUT2D eigenvalue weighted by molar-refractivity contribution is 6.11. The van der Waals surface area contributed by atoms with E-state index in [0.29, 0.717) is 45.9 Å². The lowest BCUT2D eigenvalue weighted by Gasteiger charge is -2.14. The Bertz CT molecular complexity index is 1750. The number of ether oxygens (including phenoxy) is 1. The number of carbonyl (C=O) groups is 2. The number of nitrogens with zero attached hydrogens (tertiary/aromatic N) is 2. The third-order valence-electron chi connectivity index (χ3n) is 6.38. The minimum atomic E-state index is -0.472. The van der Waals surface area contributed by atoms with Crippen LogP contribution < -0.4 is 15.4 Å². The van der Waals surface area contributed by atoms with Crippen LogP contribution in [0, 0.1) is 6.92 Å². The topological polar surface area (TPSA) is 112 Å². The number of phenolic OH excluding ortho intramolecular Hbond substituents is 1. The highest BCUT2D eigenvalue weighted by Gasteiger charge is 2.19. The Morgan fingerprint density at radius 1 is 0.756 bits per heavy atom. The summed E-state index contributed by atoms with van der Waals surface area (Å²) in [6, 6.07) is 30.3. The Hall–Kier alpha value is -5.50. The number of nitrogens with one attached hydrogen (secondary N) is 2. The molecular formula is C33H28N4O4. The van der Waals surface area contributed by atoms with Crippen molar-refractivity contribution >= 4 is 45.3 Å². The van der Waals surface area contributed by atoms with Crippen LogP contribution in [0.1, 0.15) is 33.2 Å². The molecule has 0 heterocycles. The molecule has 204 valence electrons. The zero-order valence-electron chi connectivity index (χ0n) is 22.6. The fraction of sp³-hybridized carbons (Fsp3) is 0.0909. The monoisotopic (exact) mass is 544 g/mol. The van der Waals surface area contributed by atoms with Crippen LogP contribution >= 0.6 is 0 Å². The second kappa shape index (κ2) is 12.1. The van der Waals surface area contributed by atoms with Gasteiger partial charge < -0.3 is 20.5 Å². The first kappa shape index (κ1) is 27.1. The van der Waals surface area contributed by atoms with Crippen LogP contribution in [0.2, 0.25) is 0 Å². The molecule has 41 heavy (non-hydrogen) atoms. The molecular weight excluding hydrogens is 516 g/mol. The molecule has 8 heteroatoms. The number of azo groups is 1. The summed E-state index contributed by atoms with van der Waals surface area (Å²) in [6.45, 7) is 4.04.